The molecule has 5 heteroatoms. The van der Waals surface area contributed by atoms with Crippen molar-refractivity contribution in [1.82, 2.24) is 4.90 Å². The van der Waals surface area contributed by atoms with Gasteiger partial charge in [0.15, 0.2) is 0 Å². The van der Waals surface area contributed by atoms with E-state index in [9.17, 15) is 4.79 Å². The van der Waals surface area contributed by atoms with Gasteiger partial charge in [-0.3, -0.25) is 4.79 Å². The maximum atomic E-state index is 11.1. The second kappa shape index (κ2) is 6.15. The van der Waals surface area contributed by atoms with Gasteiger partial charge in [-0.2, -0.15) is 0 Å². The Morgan fingerprint density at radius 2 is 1.89 bits per heavy atom. The molecule has 1 amide bonds. The average Bonchev–Trinajstić information content (AvgIpc) is 2.46. The molecule has 1 saturated heterocycles. The predicted molar refractivity (Wildman–Crippen MR) is 77.2 cm³/mol. The molecule has 0 atom stereocenters. The number of benzene rings is 1. The number of methoxy groups -OCH3 is 1. The Morgan fingerprint density at radius 3 is 2.37 bits per heavy atom. The fourth-order valence-corrected chi connectivity index (χ4v) is 2.59. The highest BCUT2D eigenvalue weighted by Gasteiger charge is 2.24. The van der Waals surface area contributed by atoms with Crippen molar-refractivity contribution in [2.24, 2.45) is 0 Å². The third-order valence-electron chi connectivity index (χ3n) is 3.73. The fourth-order valence-electron chi connectivity index (χ4n) is 2.45. The molecule has 1 aromatic carbocycles. The van der Waals surface area contributed by atoms with Crippen molar-refractivity contribution in [3.8, 4) is 5.75 Å². The summed E-state index contributed by atoms with van der Waals surface area (Å²) in [5.41, 5.74) is 1.19. The number of anilines is 1. The molecule has 0 aromatic heterocycles. The zero-order valence-corrected chi connectivity index (χ0v) is 12.1. The molecule has 1 heterocycles. The van der Waals surface area contributed by atoms with Crippen molar-refractivity contribution in [3.05, 3.63) is 24.3 Å². The molecule has 1 aromatic rings. The molecule has 0 spiro atoms. The Balaban J connectivity index is 1.93. The quantitative estimate of drug-likeness (QED) is 0.631. The predicted octanol–water partition coefficient (Wildman–Crippen LogP) is 2.95. The van der Waals surface area contributed by atoms with Gasteiger partial charge in [-0.05, 0) is 48.7 Å². The summed E-state index contributed by atoms with van der Waals surface area (Å²) in [6.45, 7) is 1.87. The number of halogens is 1. The molecule has 1 fully saturated rings. The van der Waals surface area contributed by atoms with Gasteiger partial charge < -0.3 is 14.5 Å². The van der Waals surface area contributed by atoms with Crippen LogP contribution in [0.15, 0.2) is 24.3 Å². The van der Waals surface area contributed by atoms with E-state index >= 15 is 0 Å². The summed E-state index contributed by atoms with van der Waals surface area (Å²) in [4.78, 5) is 15.1. The molecule has 2 rings (SSSR count). The molecule has 0 unspecified atom stereocenters. The summed E-state index contributed by atoms with van der Waals surface area (Å²) in [5, 5.41) is -0.372. The first-order valence-corrected chi connectivity index (χ1v) is 6.81. The monoisotopic (exact) mass is 282 g/mol. The standard InChI is InChI=1S/C14H19ClN2O2/c1-16(14(15)18)11-7-9-17(10-8-11)12-3-5-13(19-2)6-4-12/h3-6,11H,7-10H2,1-2H3. The lowest BCUT2D eigenvalue weighted by Gasteiger charge is -2.37. The second-order valence-corrected chi connectivity index (χ2v) is 5.10. The van der Waals surface area contributed by atoms with Crippen LogP contribution in [0.4, 0.5) is 10.5 Å². The lowest BCUT2D eigenvalue weighted by atomic mass is 10.0. The van der Waals surface area contributed by atoms with Crippen LogP contribution in [0.2, 0.25) is 0 Å². The molecular formula is C14H19ClN2O2. The number of hydrogen-bond acceptors (Lipinski definition) is 3. The number of rotatable bonds is 3. The van der Waals surface area contributed by atoms with E-state index in [1.54, 1.807) is 19.1 Å². The van der Waals surface area contributed by atoms with Crippen molar-refractivity contribution in [3.63, 3.8) is 0 Å². The summed E-state index contributed by atoms with van der Waals surface area (Å²) >= 11 is 5.51. The van der Waals surface area contributed by atoms with Crippen molar-refractivity contribution in [2.75, 3.05) is 32.1 Å². The van der Waals surface area contributed by atoms with Crippen molar-refractivity contribution in [1.29, 1.82) is 0 Å². The lowest BCUT2D eigenvalue weighted by Crippen LogP contribution is -2.44. The third kappa shape index (κ3) is 3.32. The fraction of sp³-hybridized carbons (Fsp3) is 0.500. The summed E-state index contributed by atoms with van der Waals surface area (Å²) in [7, 11) is 3.43. The average molecular weight is 283 g/mol. The van der Waals surface area contributed by atoms with Crippen LogP contribution < -0.4 is 9.64 Å². The molecule has 0 aliphatic carbocycles. The first-order valence-electron chi connectivity index (χ1n) is 6.43. The molecule has 0 bridgehead atoms. The van der Waals surface area contributed by atoms with E-state index in [1.807, 2.05) is 12.1 Å². The Labute approximate surface area is 118 Å². The van der Waals surface area contributed by atoms with E-state index in [2.05, 4.69) is 17.0 Å². The highest BCUT2D eigenvalue weighted by Crippen LogP contribution is 2.24. The molecule has 0 radical (unpaired) electrons. The normalized spacial score (nSPS) is 16.3. The molecule has 19 heavy (non-hydrogen) atoms. The van der Waals surface area contributed by atoms with Crippen LogP contribution in [-0.2, 0) is 0 Å². The molecule has 1 aliphatic rings. The Hall–Kier alpha value is -1.42. The van der Waals surface area contributed by atoms with Crippen LogP contribution in [-0.4, -0.2) is 43.6 Å². The Bertz CT molecular complexity index is 428. The summed E-state index contributed by atoms with van der Waals surface area (Å²) in [6.07, 6.45) is 1.89. The van der Waals surface area contributed by atoms with Gasteiger partial charge in [0.25, 0.3) is 0 Å². The lowest BCUT2D eigenvalue weighted by molar-refractivity contribution is 0.202. The summed E-state index contributed by atoms with van der Waals surface area (Å²) < 4.78 is 5.15. The van der Waals surface area contributed by atoms with E-state index in [4.69, 9.17) is 16.3 Å². The maximum Gasteiger partial charge on any atom is 0.316 e. The van der Waals surface area contributed by atoms with Gasteiger partial charge in [0.1, 0.15) is 5.75 Å². The van der Waals surface area contributed by atoms with Gasteiger partial charge in [0.2, 0.25) is 0 Å². The molecule has 0 saturated carbocycles. The molecular weight excluding hydrogens is 264 g/mol. The summed E-state index contributed by atoms with van der Waals surface area (Å²) in [5.74, 6) is 0.867. The highest BCUT2D eigenvalue weighted by atomic mass is 35.5. The van der Waals surface area contributed by atoms with Crippen LogP contribution in [0.25, 0.3) is 0 Å². The van der Waals surface area contributed by atoms with E-state index in [0.29, 0.717) is 0 Å². The third-order valence-corrected chi connectivity index (χ3v) is 3.99. The maximum absolute atomic E-state index is 11.1. The van der Waals surface area contributed by atoms with Crippen LogP contribution in [0.3, 0.4) is 0 Å². The highest BCUT2D eigenvalue weighted by molar-refractivity contribution is 6.62. The number of amides is 1. The Kier molecular flexibility index (Phi) is 4.53. The van der Waals surface area contributed by atoms with Crippen LogP contribution in [0.1, 0.15) is 12.8 Å². The number of hydrogen-bond donors (Lipinski definition) is 0. The number of piperidine rings is 1. The van der Waals surface area contributed by atoms with Gasteiger partial charge >= 0.3 is 5.37 Å². The zero-order chi connectivity index (χ0) is 13.8. The summed E-state index contributed by atoms with van der Waals surface area (Å²) in [6, 6.07) is 8.32. The van der Waals surface area contributed by atoms with Gasteiger partial charge in [-0.1, -0.05) is 0 Å². The molecule has 4 nitrogen and oxygen atoms in total. The smallest absolute Gasteiger partial charge is 0.316 e. The molecule has 0 N–H and O–H groups in total. The minimum atomic E-state index is -0.372. The van der Waals surface area contributed by atoms with E-state index < -0.39 is 0 Å². The van der Waals surface area contributed by atoms with E-state index in [-0.39, 0.29) is 11.4 Å². The van der Waals surface area contributed by atoms with Crippen LogP contribution >= 0.6 is 11.6 Å². The van der Waals surface area contributed by atoms with Gasteiger partial charge in [-0.15, -0.1) is 0 Å². The SMILES string of the molecule is COc1ccc(N2CCC(N(C)C(=O)Cl)CC2)cc1. The zero-order valence-electron chi connectivity index (χ0n) is 11.3. The topological polar surface area (TPSA) is 32.8 Å². The van der Waals surface area contributed by atoms with Gasteiger partial charge in [-0.25, -0.2) is 0 Å². The number of carbonyl (C=O) groups is 1. The minimum absolute atomic E-state index is 0.250. The number of carbonyl (C=O) groups excluding carboxylic acids is 1. The molecule has 104 valence electrons. The largest absolute Gasteiger partial charge is 0.497 e. The Morgan fingerprint density at radius 1 is 1.32 bits per heavy atom. The number of nitrogens with zero attached hydrogens (tertiary/aromatic N) is 2. The van der Waals surface area contributed by atoms with Gasteiger partial charge in [0, 0.05) is 31.9 Å². The number of ether oxygens (including phenoxy) is 1. The van der Waals surface area contributed by atoms with Crippen LogP contribution in [0, 0.1) is 0 Å². The first-order chi connectivity index (χ1) is 9.11. The van der Waals surface area contributed by atoms with Crippen molar-refractivity contribution < 1.29 is 9.53 Å². The molecule has 1 aliphatic heterocycles. The first kappa shape index (κ1) is 14.0. The minimum Gasteiger partial charge on any atom is -0.497 e. The van der Waals surface area contributed by atoms with Crippen molar-refractivity contribution >= 4 is 22.7 Å². The van der Waals surface area contributed by atoms with Gasteiger partial charge in [0.05, 0.1) is 7.11 Å². The van der Waals surface area contributed by atoms with E-state index in [1.165, 1.54) is 5.69 Å². The van der Waals surface area contributed by atoms with Crippen molar-refractivity contribution in [2.45, 2.75) is 18.9 Å². The second-order valence-electron chi connectivity index (χ2n) is 4.78. The van der Waals surface area contributed by atoms with Crippen LogP contribution in [0.5, 0.6) is 5.75 Å². The van der Waals surface area contributed by atoms with E-state index in [0.717, 1.165) is 31.7 Å².